The number of halogens is 3. The van der Waals surface area contributed by atoms with Crippen LogP contribution in [-0.2, 0) is 0 Å². The van der Waals surface area contributed by atoms with E-state index in [4.69, 9.17) is 4.52 Å². The summed E-state index contributed by atoms with van der Waals surface area (Å²) in [5, 5.41) is 3.71. The lowest BCUT2D eigenvalue weighted by Crippen LogP contribution is -2.16. The zero-order chi connectivity index (χ0) is 16.4. The summed E-state index contributed by atoms with van der Waals surface area (Å²) in [6.07, 6.45) is -3.29. The highest BCUT2D eigenvalue weighted by Gasteiger charge is 2.31. The number of benzene rings is 1. The van der Waals surface area contributed by atoms with Gasteiger partial charge in [-0.15, -0.1) is 13.2 Å². The molecule has 0 radical (unpaired) electrons. The normalized spacial score (nSPS) is 11.4. The summed E-state index contributed by atoms with van der Waals surface area (Å²) in [6.45, 7) is 0. The minimum atomic E-state index is -4.75. The lowest BCUT2D eigenvalue weighted by atomic mass is 10.2. The highest BCUT2D eigenvalue weighted by atomic mass is 19.4. The molecule has 2 aromatic heterocycles. The van der Waals surface area contributed by atoms with Crippen LogP contribution in [0.2, 0.25) is 0 Å². The standard InChI is InChI=1S/C14H8F3N3O3/c15-14(16,17)22-9-5-3-8(4-6-9)11-19-13(23-20-11)10-2-1-7-18-12(10)21/h1-7H,(H,18,21). The van der Waals surface area contributed by atoms with Gasteiger partial charge in [-0.1, -0.05) is 5.16 Å². The molecule has 0 amide bonds. The number of rotatable bonds is 3. The van der Waals surface area contributed by atoms with Crippen molar-refractivity contribution in [3.63, 3.8) is 0 Å². The molecule has 9 heteroatoms. The number of H-pyrrole nitrogens is 1. The number of hydrogen-bond acceptors (Lipinski definition) is 5. The second-order valence-electron chi connectivity index (χ2n) is 4.41. The van der Waals surface area contributed by atoms with Crippen molar-refractivity contribution in [3.8, 4) is 28.6 Å². The number of hydrogen-bond donors (Lipinski definition) is 1. The van der Waals surface area contributed by atoms with Gasteiger partial charge < -0.3 is 14.2 Å². The highest BCUT2D eigenvalue weighted by molar-refractivity contribution is 5.59. The highest BCUT2D eigenvalue weighted by Crippen LogP contribution is 2.26. The Kier molecular flexibility index (Phi) is 3.61. The average Bonchev–Trinajstić information content (AvgIpc) is 2.96. The number of ether oxygens (including phenoxy) is 1. The maximum atomic E-state index is 12.1. The van der Waals surface area contributed by atoms with Crippen LogP contribution in [0.4, 0.5) is 13.2 Å². The van der Waals surface area contributed by atoms with E-state index in [0.29, 0.717) is 5.56 Å². The van der Waals surface area contributed by atoms with Gasteiger partial charge in [-0.2, -0.15) is 4.98 Å². The number of aromatic nitrogens is 3. The van der Waals surface area contributed by atoms with Crippen LogP contribution in [0.5, 0.6) is 5.75 Å². The summed E-state index contributed by atoms with van der Waals surface area (Å²) < 4.78 is 45.1. The Hall–Kier alpha value is -3.10. The first-order valence-electron chi connectivity index (χ1n) is 6.30. The van der Waals surface area contributed by atoms with Crippen molar-refractivity contribution in [2.45, 2.75) is 6.36 Å². The Labute approximate surface area is 126 Å². The van der Waals surface area contributed by atoms with Gasteiger partial charge in [-0.25, -0.2) is 0 Å². The average molecular weight is 323 g/mol. The quantitative estimate of drug-likeness (QED) is 0.801. The summed E-state index contributed by atoms with van der Waals surface area (Å²) >= 11 is 0. The number of nitrogens with one attached hydrogen (secondary N) is 1. The van der Waals surface area contributed by atoms with Gasteiger partial charge in [0.25, 0.3) is 11.4 Å². The van der Waals surface area contributed by atoms with E-state index in [0.717, 1.165) is 12.1 Å². The molecule has 0 spiro atoms. The van der Waals surface area contributed by atoms with Crippen LogP contribution in [0.1, 0.15) is 0 Å². The van der Waals surface area contributed by atoms with Crippen LogP contribution >= 0.6 is 0 Å². The molecular formula is C14H8F3N3O3. The molecular weight excluding hydrogens is 315 g/mol. The molecule has 0 atom stereocenters. The van der Waals surface area contributed by atoms with Gasteiger partial charge in [0, 0.05) is 11.8 Å². The van der Waals surface area contributed by atoms with Crippen LogP contribution < -0.4 is 10.3 Å². The molecule has 0 aliphatic rings. The van der Waals surface area contributed by atoms with Gasteiger partial charge >= 0.3 is 6.36 Å². The monoisotopic (exact) mass is 323 g/mol. The minimum Gasteiger partial charge on any atom is -0.406 e. The molecule has 1 N–H and O–H groups in total. The Morgan fingerprint density at radius 3 is 2.52 bits per heavy atom. The van der Waals surface area contributed by atoms with E-state index >= 15 is 0 Å². The fourth-order valence-corrected chi connectivity index (χ4v) is 1.85. The lowest BCUT2D eigenvalue weighted by molar-refractivity contribution is -0.274. The van der Waals surface area contributed by atoms with Crippen molar-refractivity contribution in [2.24, 2.45) is 0 Å². The molecule has 3 aromatic rings. The van der Waals surface area contributed by atoms with E-state index in [-0.39, 0.29) is 23.0 Å². The van der Waals surface area contributed by atoms with E-state index < -0.39 is 11.9 Å². The van der Waals surface area contributed by atoms with Crippen molar-refractivity contribution >= 4 is 0 Å². The SMILES string of the molecule is O=c1[nH]cccc1-c1nc(-c2ccc(OC(F)(F)F)cc2)no1. The second-order valence-corrected chi connectivity index (χ2v) is 4.41. The molecule has 6 nitrogen and oxygen atoms in total. The molecule has 0 aliphatic heterocycles. The van der Waals surface area contributed by atoms with E-state index in [1.54, 1.807) is 6.07 Å². The number of alkyl halides is 3. The summed E-state index contributed by atoms with van der Waals surface area (Å²) in [5.41, 5.74) is 0.224. The molecule has 23 heavy (non-hydrogen) atoms. The van der Waals surface area contributed by atoms with Crippen LogP contribution in [0, 0.1) is 0 Å². The van der Waals surface area contributed by atoms with Gasteiger partial charge in [-0.3, -0.25) is 4.79 Å². The number of aromatic amines is 1. The Morgan fingerprint density at radius 2 is 1.87 bits per heavy atom. The maximum absolute atomic E-state index is 12.1. The molecule has 0 fully saturated rings. The Morgan fingerprint density at radius 1 is 1.13 bits per heavy atom. The van der Waals surface area contributed by atoms with Crippen LogP contribution in [0.25, 0.3) is 22.8 Å². The molecule has 0 saturated carbocycles. The summed E-state index contributed by atoms with van der Waals surface area (Å²) in [6, 6.07) is 8.08. The van der Waals surface area contributed by atoms with Crippen LogP contribution in [0.15, 0.2) is 51.9 Å². The van der Waals surface area contributed by atoms with Gasteiger partial charge in [0.05, 0.1) is 0 Å². The summed E-state index contributed by atoms with van der Waals surface area (Å²) in [4.78, 5) is 18.2. The topological polar surface area (TPSA) is 81.0 Å². The molecule has 2 heterocycles. The van der Waals surface area contributed by atoms with Crippen LogP contribution in [0.3, 0.4) is 0 Å². The van der Waals surface area contributed by atoms with Crippen LogP contribution in [-0.4, -0.2) is 21.5 Å². The molecule has 0 aliphatic carbocycles. The Balaban J connectivity index is 1.86. The molecule has 0 bridgehead atoms. The van der Waals surface area contributed by atoms with E-state index in [2.05, 4.69) is 19.9 Å². The van der Waals surface area contributed by atoms with Crippen molar-refractivity contribution < 1.29 is 22.4 Å². The van der Waals surface area contributed by atoms with Gasteiger partial charge in [0.2, 0.25) is 5.82 Å². The van der Waals surface area contributed by atoms with E-state index in [9.17, 15) is 18.0 Å². The Bertz CT molecular complexity index is 869. The molecule has 0 saturated heterocycles. The maximum Gasteiger partial charge on any atom is 0.573 e. The van der Waals surface area contributed by atoms with Crippen molar-refractivity contribution in [1.29, 1.82) is 0 Å². The predicted molar refractivity (Wildman–Crippen MR) is 72.5 cm³/mol. The molecule has 1 aromatic carbocycles. The predicted octanol–water partition coefficient (Wildman–Crippen LogP) is 2.99. The largest absolute Gasteiger partial charge is 0.573 e. The zero-order valence-electron chi connectivity index (χ0n) is 11.3. The fraction of sp³-hybridized carbons (Fsp3) is 0.0714. The summed E-state index contributed by atoms with van der Waals surface area (Å²) in [5.74, 6) is -0.205. The van der Waals surface area contributed by atoms with Gasteiger partial charge in [-0.05, 0) is 36.4 Å². The fourth-order valence-electron chi connectivity index (χ4n) is 1.85. The second kappa shape index (κ2) is 5.59. The van der Waals surface area contributed by atoms with Crippen molar-refractivity contribution in [2.75, 3.05) is 0 Å². The molecule has 3 rings (SSSR count). The third kappa shape index (κ3) is 3.39. The lowest BCUT2D eigenvalue weighted by Gasteiger charge is -2.08. The summed E-state index contributed by atoms with van der Waals surface area (Å²) in [7, 11) is 0. The molecule has 118 valence electrons. The zero-order valence-corrected chi connectivity index (χ0v) is 11.3. The van der Waals surface area contributed by atoms with Gasteiger partial charge in [0.15, 0.2) is 0 Å². The number of pyridine rings is 1. The van der Waals surface area contributed by atoms with Crippen molar-refractivity contribution in [1.82, 2.24) is 15.1 Å². The third-order valence-electron chi connectivity index (χ3n) is 2.82. The third-order valence-corrected chi connectivity index (χ3v) is 2.82. The van der Waals surface area contributed by atoms with E-state index in [1.165, 1.54) is 24.4 Å². The molecule has 0 unspecified atom stereocenters. The first-order valence-corrected chi connectivity index (χ1v) is 6.30. The van der Waals surface area contributed by atoms with Gasteiger partial charge in [0.1, 0.15) is 11.3 Å². The first kappa shape index (κ1) is 14.8. The first-order chi connectivity index (χ1) is 10.9. The van der Waals surface area contributed by atoms with E-state index in [1.807, 2.05) is 0 Å². The van der Waals surface area contributed by atoms with Crippen molar-refractivity contribution in [3.05, 3.63) is 52.9 Å². The minimum absolute atomic E-state index is 0.0115. The number of nitrogens with zero attached hydrogens (tertiary/aromatic N) is 2. The smallest absolute Gasteiger partial charge is 0.406 e.